The van der Waals surface area contributed by atoms with Gasteiger partial charge in [-0.15, -0.1) is 0 Å². The van der Waals surface area contributed by atoms with Crippen LogP contribution in [0.5, 0.6) is 5.75 Å². The van der Waals surface area contributed by atoms with E-state index in [9.17, 15) is 18.4 Å². The number of aromatic nitrogens is 2. The van der Waals surface area contributed by atoms with Crippen molar-refractivity contribution in [3.05, 3.63) is 53.1 Å². The number of likely N-dealkylation sites (tertiary alicyclic amines) is 1. The van der Waals surface area contributed by atoms with Crippen LogP contribution in [0.15, 0.2) is 47.4 Å². The fourth-order valence-corrected chi connectivity index (χ4v) is 5.09. The molecule has 1 amide bonds. The Morgan fingerprint density at radius 2 is 2.06 bits per heavy atom. The summed E-state index contributed by atoms with van der Waals surface area (Å²) in [6.07, 6.45) is -0.946. The molecule has 34 heavy (non-hydrogen) atoms. The normalized spacial score (nSPS) is 25.3. The number of anilines is 1. The third-order valence-corrected chi connectivity index (χ3v) is 6.80. The Hall–Kier alpha value is -2.66. The number of likely N-dealkylation sites (N-methyl/N-ethyl adjacent to an activating group) is 1. The van der Waals surface area contributed by atoms with Crippen molar-refractivity contribution >= 4 is 20.3 Å². The first-order chi connectivity index (χ1) is 16.2. The number of carbonyl (C=O) groups is 1. The number of nitrogen functional groups attached to an aromatic ring is 1. The van der Waals surface area contributed by atoms with E-state index in [1.165, 1.54) is 6.07 Å². The average molecular weight is 497 g/mol. The molecule has 3 N–H and O–H groups in total. The Labute approximate surface area is 196 Å². The molecule has 4 unspecified atom stereocenters. The molecule has 0 bridgehead atoms. The molecule has 13 heteroatoms. The minimum atomic E-state index is -3.33. The summed E-state index contributed by atoms with van der Waals surface area (Å²) in [5.74, 6) is -2.97. The number of rotatable bonds is 8. The number of piperidine rings is 1. The molecule has 10 nitrogen and oxygen atoms in total. The number of nitrogens with zero attached hydrogens (tertiary/aromatic N) is 3. The molecule has 2 aromatic rings. The molecule has 2 aliphatic heterocycles. The maximum absolute atomic E-state index is 14.7. The second-order valence-corrected chi connectivity index (χ2v) is 9.37. The number of carbonyl (C=O) groups excluding carboxylic acids is 1. The van der Waals surface area contributed by atoms with Gasteiger partial charge in [-0.25, -0.2) is 18.7 Å². The number of para-hydroxylation sites is 1. The zero-order valence-corrected chi connectivity index (χ0v) is 19.4. The highest BCUT2D eigenvalue weighted by atomic mass is 31.2. The summed E-state index contributed by atoms with van der Waals surface area (Å²) in [7, 11) is -0.129. The molecule has 1 aromatic carbocycles. The minimum absolute atomic E-state index is 0.0693. The zero-order chi connectivity index (χ0) is 24.3. The topological polar surface area (TPSA) is 121 Å². The van der Waals surface area contributed by atoms with Crippen LogP contribution in [0.2, 0.25) is 0 Å². The molecular weight excluding hydrogens is 471 g/mol. The highest BCUT2D eigenvalue weighted by Crippen LogP contribution is 2.44. The molecule has 2 fully saturated rings. The van der Waals surface area contributed by atoms with Gasteiger partial charge in [-0.2, -0.15) is 4.98 Å². The molecule has 4 rings (SSSR count). The third-order valence-electron chi connectivity index (χ3n) is 5.52. The van der Waals surface area contributed by atoms with E-state index in [1.54, 1.807) is 36.2 Å². The summed E-state index contributed by atoms with van der Waals surface area (Å²) in [5.41, 5.74) is 4.51. The molecule has 2 saturated heterocycles. The van der Waals surface area contributed by atoms with E-state index < -0.39 is 44.9 Å². The Morgan fingerprint density at radius 1 is 1.29 bits per heavy atom. The first-order valence-corrected chi connectivity index (χ1v) is 12.0. The number of hydrogen-bond donors (Lipinski definition) is 2. The Bertz CT molecular complexity index is 1060. The molecule has 1 aromatic heterocycles. The lowest BCUT2D eigenvalue weighted by molar-refractivity contribution is -0.134. The van der Waals surface area contributed by atoms with Gasteiger partial charge in [0, 0.05) is 26.2 Å². The average Bonchev–Trinajstić information content (AvgIpc) is 3.10. The van der Waals surface area contributed by atoms with Crippen molar-refractivity contribution in [3.63, 3.8) is 0 Å². The maximum Gasteiger partial charge on any atom is 0.351 e. The molecule has 184 valence electrons. The second-order valence-electron chi connectivity index (χ2n) is 8.16. The van der Waals surface area contributed by atoms with Gasteiger partial charge < -0.3 is 24.4 Å². The predicted octanol–water partition coefficient (Wildman–Crippen LogP) is 2.28. The number of alkyl halides is 2. The van der Waals surface area contributed by atoms with Crippen molar-refractivity contribution in [1.29, 1.82) is 0 Å². The van der Waals surface area contributed by atoms with Crippen molar-refractivity contribution < 1.29 is 27.4 Å². The molecule has 4 atom stereocenters. The maximum atomic E-state index is 14.7. The van der Waals surface area contributed by atoms with Crippen LogP contribution in [0.25, 0.3) is 0 Å². The summed E-state index contributed by atoms with van der Waals surface area (Å²) in [6.45, 7) is 0.437. The molecule has 0 spiro atoms. The molecule has 3 heterocycles. The number of nitrogens with one attached hydrogen (secondary N) is 1. The van der Waals surface area contributed by atoms with Crippen molar-refractivity contribution in [2.24, 2.45) is 0 Å². The SMILES string of the molecule is CN1CCCC(NP(OCC2CC(F)(F)C(n3ccc(N)nc3=O)O2)Oc2ccccc2)C1=O. The lowest BCUT2D eigenvalue weighted by Gasteiger charge is -2.31. The van der Waals surface area contributed by atoms with E-state index in [2.05, 4.69) is 10.1 Å². The van der Waals surface area contributed by atoms with Crippen LogP contribution in [0.3, 0.4) is 0 Å². The predicted molar refractivity (Wildman–Crippen MR) is 120 cm³/mol. The summed E-state index contributed by atoms with van der Waals surface area (Å²) in [5, 5.41) is 3.09. The van der Waals surface area contributed by atoms with Gasteiger partial charge in [-0.05, 0) is 31.0 Å². The van der Waals surface area contributed by atoms with Crippen LogP contribution in [0, 0.1) is 0 Å². The van der Waals surface area contributed by atoms with Crippen molar-refractivity contribution in [1.82, 2.24) is 19.5 Å². The van der Waals surface area contributed by atoms with Crippen LogP contribution in [0.1, 0.15) is 25.5 Å². The lowest BCUT2D eigenvalue weighted by atomic mass is 10.1. The zero-order valence-electron chi connectivity index (χ0n) is 18.5. The van der Waals surface area contributed by atoms with Gasteiger partial charge in [0.25, 0.3) is 5.92 Å². The standard InChI is InChI=1S/C21H26F2N5O5P/c1-27-10-5-8-16(18(27)29)26-34(33-14-6-3-2-4-7-14)31-13-15-12-21(22,23)19(32-15)28-11-9-17(24)25-20(28)30/h2-4,6-7,9,11,15-16,19,26H,5,8,10,12-13H2,1H3,(H2,24,25,30). The Balaban J connectivity index is 1.44. The van der Waals surface area contributed by atoms with Gasteiger partial charge in [0.2, 0.25) is 12.1 Å². The number of ether oxygens (including phenoxy) is 1. The molecule has 2 aliphatic rings. The van der Waals surface area contributed by atoms with E-state index in [4.69, 9.17) is 19.5 Å². The van der Waals surface area contributed by atoms with E-state index >= 15 is 0 Å². The van der Waals surface area contributed by atoms with Gasteiger partial charge >= 0.3 is 14.2 Å². The fourth-order valence-electron chi connectivity index (χ4n) is 3.80. The first kappa shape index (κ1) is 24.5. The Kier molecular flexibility index (Phi) is 7.42. The third kappa shape index (κ3) is 5.69. The highest BCUT2D eigenvalue weighted by Gasteiger charge is 2.52. The van der Waals surface area contributed by atoms with Gasteiger partial charge in [0.05, 0.1) is 18.8 Å². The van der Waals surface area contributed by atoms with E-state index in [1.807, 2.05) is 6.07 Å². The van der Waals surface area contributed by atoms with Crippen LogP contribution in [-0.2, 0) is 14.1 Å². The highest BCUT2D eigenvalue weighted by molar-refractivity contribution is 7.45. The molecule has 0 aliphatic carbocycles. The summed E-state index contributed by atoms with van der Waals surface area (Å²) >= 11 is 0. The molecular formula is C21H26F2N5O5P. The number of nitrogens with two attached hydrogens (primary N) is 1. The quantitative estimate of drug-likeness (QED) is 0.533. The van der Waals surface area contributed by atoms with Gasteiger partial charge in [0.1, 0.15) is 11.6 Å². The summed E-state index contributed by atoms with van der Waals surface area (Å²) in [6, 6.07) is 9.59. The first-order valence-electron chi connectivity index (χ1n) is 10.8. The van der Waals surface area contributed by atoms with Gasteiger partial charge in [-0.3, -0.25) is 9.36 Å². The number of halogens is 2. The van der Waals surface area contributed by atoms with Gasteiger partial charge in [0.15, 0.2) is 0 Å². The van der Waals surface area contributed by atoms with Crippen LogP contribution >= 0.6 is 8.53 Å². The van der Waals surface area contributed by atoms with Crippen molar-refractivity contribution in [2.45, 2.75) is 43.6 Å². The van der Waals surface area contributed by atoms with Crippen molar-refractivity contribution in [2.75, 3.05) is 25.9 Å². The van der Waals surface area contributed by atoms with Gasteiger partial charge in [-0.1, -0.05) is 18.2 Å². The number of amides is 1. The number of hydrogen-bond acceptors (Lipinski definition) is 8. The lowest BCUT2D eigenvalue weighted by Crippen LogP contribution is -2.47. The molecule has 0 radical (unpaired) electrons. The molecule has 0 saturated carbocycles. The smallest absolute Gasteiger partial charge is 0.351 e. The van der Waals surface area contributed by atoms with E-state index in [0.29, 0.717) is 23.3 Å². The minimum Gasteiger partial charge on any atom is -0.436 e. The Morgan fingerprint density at radius 3 is 2.79 bits per heavy atom. The number of benzene rings is 1. The second kappa shape index (κ2) is 10.3. The summed E-state index contributed by atoms with van der Waals surface area (Å²) in [4.78, 5) is 29.7. The van der Waals surface area contributed by atoms with E-state index in [0.717, 1.165) is 12.6 Å². The largest absolute Gasteiger partial charge is 0.436 e. The van der Waals surface area contributed by atoms with Crippen molar-refractivity contribution in [3.8, 4) is 5.75 Å². The van der Waals surface area contributed by atoms with Crippen LogP contribution in [0.4, 0.5) is 14.6 Å². The monoisotopic (exact) mass is 497 g/mol. The van der Waals surface area contributed by atoms with E-state index in [-0.39, 0.29) is 18.3 Å². The van der Waals surface area contributed by atoms with Crippen LogP contribution < -0.4 is 21.0 Å². The summed E-state index contributed by atoms with van der Waals surface area (Å²) < 4.78 is 47.3. The fraction of sp³-hybridized carbons (Fsp3) is 0.476. The van der Waals surface area contributed by atoms with Crippen LogP contribution in [-0.4, -0.2) is 58.6 Å².